The molecule has 2 aromatic carbocycles. The van der Waals surface area contributed by atoms with Gasteiger partial charge in [-0.25, -0.2) is 23.5 Å². The minimum absolute atomic E-state index is 0.0838. The summed E-state index contributed by atoms with van der Waals surface area (Å²) in [5.41, 5.74) is 3.22. The van der Waals surface area contributed by atoms with E-state index >= 15 is 0 Å². The molecular weight excluding hydrogens is 571 g/mol. The highest BCUT2D eigenvalue weighted by atomic mass is 35.5. The number of carbonyl (C=O) groups is 1. The predicted molar refractivity (Wildman–Crippen MR) is 142 cm³/mol. The number of ether oxygens (including phenoxy) is 1. The molecule has 1 saturated heterocycles. The van der Waals surface area contributed by atoms with Crippen LogP contribution in [0.1, 0.15) is 42.8 Å². The maximum absolute atomic E-state index is 13.9. The predicted octanol–water partition coefficient (Wildman–Crippen LogP) is 6.21. The summed E-state index contributed by atoms with van der Waals surface area (Å²) in [6.07, 6.45) is -3.03. The molecule has 7 nitrogen and oxygen atoms in total. The lowest BCUT2D eigenvalue weighted by Gasteiger charge is -2.36. The fourth-order valence-corrected chi connectivity index (χ4v) is 5.01. The molecule has 5 rings (SSSR count). The number of aliphatic carboxylic acids is 1. The molecule has 0 spiro atoms. The molecule has 1 atom stereocenters. The molecule has 2 aliphatic heterocycles. The molecule has 1 N–H and O–H groups in total. The number of alkyl halides is 3. The summed E-state index contributed by atoms with van der Waals surface area (Å²) in [6, 6.07) is 14.0. The lowest BCUT2D eigenvalue weighted by molar-refractivity contribution is -0.192. The molecule has 41 heavy (non-hydrogen) atoms. The van der Waals surface area contributed by atoms with E-state index in [1.165, 1.54) is 17.7 Å². The zero-order valence-electron chi connectivity index (χ0n) is 22.0. The van der Waals surface area contributed by atoms with Crippen molar-refractivity contribution in [1.82, 2.24) is 14.9 Å². The Balaban J connectivity index is 0.000000493. The number of carboxylic acids is 1. The first kappa shape index (κ1) is 30.4. The lowest BCUT2D eigenvalue weighted by atomic mass is 10.0. The second-order valence-corrected chi connectivity index (χ2v) is 10.1. The van der Waals surface area contributed by atoms with E-state index in [0.29, 0.717) is 36.9 Å². The van der Waals surface area contributed by atoms with Crippen LogP contribution in [-0.4, -0.2) is 57.9 Å². The molecule has 220 valence electrons. The van der Waals surface area contributed by atoms with Crippen LogP contribution in [0.25, 0.3) is 0 Å². The standard InChI is InChI=1S/C26H27ClF2N4O.C2HF3O2/c1-17-24-22(11-14-33(17)16-18-5-3-2-4-6-18)30-26(25(27)31-24)32-12-9-20(10-13-32)34-23-8-7-19(28)15-21(23)29;3-2(4,5)1(6)7/h2-8,15,17,20H,9-14,16H2,1H3;(H,6,7). The van der Waals surface area contributed by atoms with E-state index < -0.39 is 23.8 Å². The van der Waals surface area contributed by atoms with E-state index in [-0.39, 0.29) is 17.9 Å². The zero-order chi connectivity index (χ0) is 29.7. The van der Waals surface area contributed by atoms with Gasteiger partial charge in [0.1, 0.15) is 11.9 Å². The molecule has 0 radical (unpaired) electrons. The second-order valence-electron chi connectivity index (χ2n) is 9.73. The average molecular weight is 599 g/mol. The van der Waals surface area contributed by atoms with Gasteiger partial charge in [-0.05, 0) is 24.6 Å². The molecule has 0 bridgehead atoms. The monoisotopic (exact) mass is 598 g/mol. The van der Waals surface area contributed by atoms with Gasteiger partial charge in [0, 0.05) is 51.5 Å². The second kappa shape index (κ2) is 13.0. The molecule has 0 amide bonds. The van der Waals surface area contributed by atoms with E-state index in [9.17, 15) is 22.0 Å². The topological polar surface area (TPSA) is 78.8 Å². The number of anilines is 1. The number of rotatable bonds is 5. The number of fused-ring (bicyclic) bond motifs is 1. The van der Waals surface area contributed by atoms with E-state index in [0.717, 1.165) is 37.0 Å². The van der Waals surface area contributed by atoms with Crippen molar-refractivity contribution in [1.29, 1.82) is 0 Å². The summed E-state index contributed by atoms with van der Waals surface area (Å²) in [5, 5.41) is 7.54. The Morgan fingerprint density at radius 1 is 1.07 bits per heavy atom. The van der Waals surface area contributed by atoms with Crippen molar-refractivity contribution in [2.45, 2.75) is 51.1 Å². The summed E-state index contributed by atoms with van der Waals surface area (Å²) in [4.78, 5) is 23.1. The normalized spacial score (nSPS) is 17.8. The van der Waals surface area contributed by atoms with Crippen LogP contribution < -0.4 is 9.64 Å². The van der Waals surface area contributed by atoms with Crippen molar-refractivity contribution in [3.63, 3.8) is 0 Å². The van der Waals surface area contributed by atoms with E-state index in [1.807, 2.05) is 6.07 Å². The molecular formula is C28H28ClF5N4O3. The zero-order valence-corrected chi connectivity index (χ0v) is 22.8. The summed E-state index contributed by atoms with van der Waals surface area (Å²) < 4.78 is 64.6. The van der Waals surface area contributed by atoms with Crippen molar-refractivity contribution in [3.8, 4) is 5.75 Å². The maximum Gasteiger partial charge on any atom is 0.490 e. The molecule has 13 heteroatoms. The van der Waals surface area contributed by atoms with Crippen LogP contribution in [0.15, 0.2) is 48.5 Å². The third kappa shape index (κ3) is 7.82. The third-order valence-electron chi connectivity index (χ3n) is 6.92. The van der Waals surface area contributed by atoms with E-state index in [4.69, 9.17) is 36.2 Å². The van der Waals surface area contributed by atoms with Crippen molar-refractivity contribution < 1.29 is 36.6 Å². The Morgan fingerprint density at radius 2 is 1.73 bits per heavy atom. The van der Waals surface area contributed by atoms with Crippen LogP contribution in [0.4, 0.5) is 27.8 Å². The van der Waals surface area contributed by atoms with Crippen LogP contribution >= 0.6 is 11.6 Å². The molecule has 2 aliphatic rings. The minimum Gasteiger partial charge on any atom is -0.487 e. The number of benzene rings is 2. The number of aromatic nitrogens is 2. The summed E-state index contributed by atoms with van der Waals surface area (Å²) in [7, 11) is 0. The van der Waals surface area contributed by atoms with Gasteiger partial charge in [-0.2, -0.15) is 13.2 Å². The minimum atomic E-state index is -5.08. The number of carboxylic acid groups (broad SMARTS) is 1. The Hall–Kier alpha value is -3.51. The number of hydrogen-bond donors (Lipinski definition) is 1. The van der Waals surface area contributed by atoms with Crippen LogP contribution in [0.3, 0.4) is 0 Å². The molecule has 1 unspecified atom stereocenters. The smallest absolute Gasteiger partial charge is 0.487 e. The molecule has 3 heterocycles. The van der Waals surface area contributed by atoms with Gasteiger partial charge < -0.3 is 14.7 Å². The van der Waals surface area contributed by atoms with Crippen molar-refractivity contribution >= 4 is 23.4 Å². The number of halogens is 6. The first-order chi connectivity index (χ1) is 19.4. The van der Waals surface area contributed by atoms with Gasteiger partial charge in [0.25, 0.3) is 0 Å². The Morgan fingerprint density at radius 3 is 2.34 bits per heavy atom. The van der Waals surface area contributed by atoms with Crippen LogP contribution in [0.2, 0.25) is 5.15 Å². The fourth-order valence-electron chi connectivity index (χ4n) is 4.76. The Kier molecular flexibility index (Phi) is 9.64. The summed E-state index contributed by atoms with van der Waals surface area (Å²) in [6.45, 7) is 5.29. The number of piperidine rings is 1. The molecule has 1 aromatic heterocycles. The largest absolute Gasteiger partial charge is 0.490 e. The molecule has 0 aliphatic carbocycles. The third-order valence-corrected chi connectivity index (χ3v) is 7.17. The SMILES string of the molecule is CC1c2nc(Cl)c(N3CCC(Oc4ccc(F)cc4F)CC3)nc2CCN1Cc1ccccc1.O=C(O)C(F)(F)F. The first-order valence-corrected chi connectivity index (χ1v) is 13.3. The van der Waals surface area contributed by atoms with E-state index in [1.54, 1.807) is 0 Å². The van der Waals surface area contributed by atoms with Gasteiger partial charge in [-0.15, -0.1) is 0 Å². The van der Waals surface area contributed by atoms with Gasteiger partial charge in [0.05, 0.1) is 17.4 Å². The molecule has 0 saturated carbocycles. The van der Waals surface area contributed by atoms with Crippen molar-refractivity contribution in [2.75, 3.05) is 24.5 Å². The van der Waals surface area contributed by atoms with E-state index in [2.05, 4.69) is 41.0 Å². The molecule has 3 aromatic rings. The summed E-state index contributed by atoms with van der Waals surface area (Å²) >= 11 is 6.62. The van der Waals surface area contributed by atoms with Gasteiger partial charge in [0.15, 0.2) is 22.5 Å². The van der Waals surface area contributed by atoms with Gasteiger partial charge in [-0.1, -0.05) is 41.9 Å². The lowest BCUT2D eigenvalue weighted by Crippen LogP contribution is -2.40. The highest BCUT2D eigenvalue weighted by molar-refractivity contribution is 6.31. The Labute approximate surface area is 238 Å². The summed E-state index contributed by atoms with van der Waals surface area (Å²) in [5.74, 6) is -3.26. The van der Waals surface area contributed by atoms with Crippen molar-refractivity contribution in [3.05, 3.63) is 82.3 Å². The van der Waals surface area contributed by atoms with Crippen LogP contribution in [0.5, 0.6) is 5.75 Å². The van der Waals surface area contributed by atoms with Crippen LogP contribution in [-0.2, 0) is 17.8 Å². The highest BCUT2D eigenvalue weighted by Gasteiger charge is 2.38. The quantitative estimate of drug-likeness (QED) is 0.350. The maximum atomic E-state index is 13.9. The highest BCUT2D eigenvalue weighted by Crippen LogP contribution is 2.34. The fraction of sp³-hybridized carbons (Fsp3) is 0.393. The van der Waals surface area contributed by atoms with Gasteiger partial charge in [0.2, 0.25) is 0 Å². The first-order valence-electron chi connectivity index (χ1n) is 12.9. The number of nitrogens with zero attached hydrogens (tertiary/aromatic N) is 4. The van der Waals surface area contributed by atoms with Crippen LogP contribution in [0, 0.1) is 11.6 Å². The van der Waals surface area contributed by atoms with Gasteiger partial charge >= 0.3 is 12.1 Å². The van der Waals surface area contributed by atoms with Gasteiger partial charge in [-0.3, -0.25) is 4.90 Å². The number of hydrogen-bond acceptors (Lipinski definition) is 6. The molecule has 1 fully saturated rings. The average Bonchev–Trinajstić information content (AvgIpc) is 2.93. The van der Waals surface area contributed by atoms with Crippen molar-refractivity contribution in [2.24, 2.45) is 0 Å². The Bertz CT molecular complexity index is 1350.